The summed E-state index contributed by atoms with van der Waals surface area (Å²) in [7, 11) is -2.34. The maximum atomic E-state index is 12.2. The Balaban J connectivity index is 2.97. The molecule has 0 radical (unpaired) electrons. The topological polar surface area (TPSA) is 114 Å². The number of sulfonamides is 1. The highest BCUT2D eigenvalue weighted by atomic mass is 79.9. The van der Waals surface area contributed by atoms with Crippen LogP contribution in [-0.2, 0) is 14.8 Å². The summed E-state index contributed by atoms with van der Waals surface area (Å²) in [5.74, 6) is -0.362. The van der Waals surface area contributed by atoms with Crippen LogP contribution in [0.2, 0.25) is 0 Å². The molecule has 1 rings (SSSR count). The molecule has 1 heterocycles. The van der Waals surface area contributed by atoms with Crippen LogP contribution in [0.3, 0.4) is 0 Å². The molecule has 0 bridgehead atoms. The lowest BCUT2D eigenvalue weighted by atomic mass is 9.93. The second-order valence-corrected chi connectivity index (χ2v) is 7.48. The molecule has 0 saturated heterocycles. The number of rotatable bonds is 5. The van der Waals surface area contributed by atoms with Crippen LogP contribution in [0.25, 0.3) is 0 Å². The van der Waals surface area contributed by atoms with Gasteiger partial charge in [0, 0.05) is 24.3 Å². The number of anilines is 1. The average Bonchev–Trinajstić information content (AvgIpc) is 2.38. The highest BCUT2D eigenvalue weighted by Crippen LogP contribution is 2.21. The first-order valence-corrected chi connectivity index (χ1v) is 8.00. The van der Waals surface area contributed by atoms with Crippen molar-refractivity contribution in [1.29, 1.82) is 0 Å². The van der Waals surface area contributed by atoms with Gasteiger partial charge in [0.05, 0.1) is 5.41 Å². The Morgan fingerprint density at radius 3 is 2.65 bits per heavy atom. The zero-order chi connectivity index (χ0) is 15.6. The normalized spacial score (nSPS) is 12.2. The summed E-state index contributed by atoms with van der Waals surface area (Å²) in [6.07, 6.45) is 1.41. The molecule has 0 spiro atoms. The van der Waals surface area contributed by atoms with E-state index in [0.29, 0.717) is 4.47 Å². The predicted octanol–water partition coefficient (Wildman–Crippen LogP) is 0.477. The minimum Gasteiger partial charge on any atom is -0.383 e. The number of hydrogen-bond acceptors (Lipinski definition) is 5. The number of hydrogen-bond donors (Lipinski definition) is 3. The number of nitrogens with two attached hydrogens (primary N) is 1. The van der Waals surface area contributed by atoms with E-state index in [2.05, 4.69) is 31.0 Å². The molecule has 1 amide bonds. The number of carbonyl (C=O) groups excluding carboxylic acids is 1. The molecule has 0 aliphatic rings. The molecular formula is C11H17BrN4O3S. The number of carbonyl (C=O) groups is 1. The monoisotopic (exact) mass is 364 g/mol. The third-order valence-corrected chi connectivity index (χ3v) is 4.55. The summed E-state index contributed by atoms with van der Waals surface area (Å²) in [4.78, 5) is 15.3. The van der Waals surface area contributed by atoms with Crippen LogP contribution in [0.5, 0.6) is 0 Å². The van der Waals surface area contributed by atoms with Gasteiger partial charge in [0.25, 0.3) is 0 Å². The zero-order valence-electron chi connectivity index (χ0n) is 11.4. The molecule has 20 heavy (non-hydrogen) atoms. The number of nitrogens with one attached hydrogen (secondary N) is 2. The number of pyridine rings is 1. The molecule has 0 aliphatic carbocycles. The predicted molar refractivity (Wildman–Crippen MR) is 79.4 cm³/mol. The Bertz CT molecular complexity index is 616. The van der Waals surface area contributed by atoms with Crippen LogP contribution in [0.15, 0.2) is 21.6 Å². The smallest absolute Gasteiger partial charge is 0.244 e. The van der Waals surface area contributed by atoms with Gasteiger partial charge in [-0.25, -0.2) is 18.1 Å². The van der Waals surface area contributed by atoms with Crippen LogP contribution in [0.4, 0.5) is 5.82 Å². The van der Waals surface area contributed by atoms with Crippen molar-refractivity contribution in [1.82, 2.24) is 15.0 Å². The lowest BCUT2D eigenvalue weighted by Crippen LogP contribution is -2.43. The van der Waals surface area contributed by atoms with E-state index in [1.807, 2.05) is 0 Å². The van der Waals surface area contributed by atoms with Crippen molar-refractivity contribution in [2.24, 2.45) is 5.41 Å². The first-order valence-electron chi connectivity index (χ1n) is 5.73. The summed E-state index contributed by atoms with van der Waals surface area (Å²) in [6, 6.07) is 1.36. The zero-order valence-corrected chi connectivity index (χ0v) is 13.8. The van der Waals surface area contributed by atoms with Gasteiger partial charge >= 0.3 is 0 Å². The minimum atomic E-state index is -3.84. The molecule has 0 fully saturated rings. The number of amides is 1. The number of halogens is 1. The second kappa shape index (κ2) is 6.06. The van der Waals surface area contributed by atoms with Crippen molar-refractivity contribution >= 4 is 37.7 Å². The molecule has 0 unspecified atom stereocenters. The lowest BCUT2D eigenvalue weighted by molar-refractivity contribution is -0.128. The van der Waals surface area contributed by atoms with Crippen molar-refractivity contribution in [3.8, 4) is 0 Å². The van der Waals surface area contributed by atoms with Crippen LogP contribution in [-0.4, -0.2) is 32.9 Å². The van der Waals surface area contributed by atoms with E-state index in [-0.39, 0.29) is 23.2 Å². The van der Waals surface area contributed by atoms with Gasteiger partial charge in [-0.1, -0.05) is 0 Å². The Hall–Kier alpha value is -1.19. The van der Waals surface area contributed by atoms with Crippen LogP contribution in [0.1, 0.15) is 13.8 Å². The maximum absolute atomic E-state index is 12.2. The first kappa shape index (κ1) is 16.9. The van der Waals surface area contributed by atoms with Gasteiger partial charge in [-0.2, -0.15) is 0 Å². The molecule has 1 aromatic rings. The fourth-order valence-corrected chi connectivity index (χ4v) is 3.22. The Labute approximate surface area is 126 Å². The van der Waals surface area contributed by atoms with Gasteiger partial charge < -0.3 is 11.1 Å². The molecular weight excluding hydrogens is 348 g/mol. The number of nitrogens with zero attached hydrogens (tertiary/aromatic N) is 1. The number of aromatic nitrogens is 1. The number of nitrogen functional groups attached to an aromatic ring is 1. The minimum absolute atomic E-state index is 0.0546. The van der Waals surface area contributed by atoms with E-state index in [9.17, 15) is 13.2 Å². The van der Waals surface area contributed by atoms with Crippen molar-refractivity contribution in [3.05, 3.63) is 16.7 Å². The molecule has 7 nitrogen and oxygen atoms in total. The quantitative estimate of drug-likeness (QED) is 0.702. The van der Waals surface area contributed by atoms with Gasteiger partial charge in [0.15, 0.2) is 0 Å². The van der Waals surface area contributed by atoms with E-state index < -0.39 is 15.4 Å². The Kier molecular flexibility index (Phi) is 5.11. The highest BCUT2D eigenvalue weighted by molar-refractivity contribution is 9.10. The van der Waals surface area contributed by atoms with Crippen molar-refractivity contribution < 1.29 is 13.2 Å². The molecule has 112 valence electrons. The van der Waals surface area contributed by atoms with Crippen LogP contribution < -0.4 is 15.8 Å². The van der Waals surface area contributed by atoms with Gasteiger partial charge in [-0.05, 0) is 35.8 Å². The SMILES string of the molecule is CNC(=O)C(C)(C)CNS(=O)(=O)c1cc(Br)cnc1N. The Morgan fingerprint density at radius 1 is 1.50 bits per heavy atom. The summed E-state index contributed by atoms with van der Waals surface area (Å²) in [6.45, 7) is 3.22. The third-order valence-electron chi connectivity index (χ3n) is 2.68. The standard InChI is InChI=1S/C11H17BrN4O3S/c1-11(2,10(17)14-3)6-16-20(18,19)8-4-7(12)5-15-9(8)13/h4-5,16H,6H2,1-3H3,(H2,13,15)(H,14,17). The van der Waals surface area contributed by atoms with E-state index in [1.165, 1.54) is 19.3 Å². The first-order chi connectivity index (χ1) is 9.10. The van der Waals surface area contributed by atoms with E-state index in [0.717, 1.165) is 0 Å². The summed E-state index contributed by atoms with van der Waals surface area (Å²) >= 11 is 3.14. The van der Waals surface area contributed by atoms with Gasteiger partial charge in [-0.3, -0.25) is 4.79 Å². The summed E-state index contributed by atoms with van der Waals surface area (Å²) in [5, 5.41) is 2.48. The average molecular weight is 365 g/mol. The largest absolute Gasteiger partial charge is 0.383 e. The molecule has 9 heteroatoms. The second-order valence-electron chi connectivity index (χ2n) is 4.82. The fourth-order valence-electron chi connectivity index (χ4n) is 1.42. The third kappa shape index (κ3) is 3.90. The van der Waals surface area contributed by atoms with Crippen molar-refractivity contribution in [2.75, 3.05) is 19.3 Å². The van der Waals surface area contributed by atoms with Gasteiger partial charge in [0.2, 0.25) is 15.9 Å². The van der Waals surface area contributed by atoms with E-state index >= 15 is 0 Å². The molecule has 0 aromatic carbocycles. The molecule has 1 aromatic heterocycles. The summed E-state index contributed by atoms with van der Waals surface area (Å²) < 4.78 is 27.2. The highest BCUT2D eigenvalue weighted by Gasteiger charge is 2.29. The van der Waals surface area contributed by atoms with Crippen molar-refractivity contribution in [2.45, 2.75) is 18.7 Å². The van der Waals surface area contributed by atoms with Crippen LogP contribution in [0, 0.1) is 5.41 Å². The molecule has 4 N–H and O–H groups in total. The van der Waals surface area contributed by atoms with Crippen LogP contribution >= 0.6 is 15.9 Å². The summed E-state index contributed by atoms with van der Waals surface area (Å²) in [5.41, 5.74) is 4.69. The Morgan fingerprint density at radius 2 is 2.10 bits per heavy atom. The fraction of sp³-hybridized carbons (Fsp3) is 0.455. The molecule has 0 aliphatic heterocycles. The van der Waals surface area contributed by atoms with E-state index in [4.69, 9.17) is 5.73 Å². The van der Waals surface area contributed by atoms with Crippen molar-refractivity contribution in [3.63, 3.8) is 0 Å². The molecule has 0 saturated carbocycles. The lowest BCUT2D eigenvalue weighted by Gasteiger charge is -2.22. The van der Waals surface area contributed by atoms with E-state index in [1.54, 1.807) is 13.8 Å². The van der Waals surface area contributed by atoms with Gasteiger partial charge in [0.1, 0.15) is 10.7 Å². The molecule has 0 atom stereocenters. The van der Waals surface area contributed by atoms with Gasteiger partial charge in [-0.15, -0.1) is 0 Å². The maximum Gasteiger partial charge on any atom is 0.244 e.